The zero-order chi connectivity index (χ0) is 18.4. The minimum atomic E-state index is 0.620. The zero-order valence-electron chi connectivity index (χ0n) is 15.4. The molecule has 5 nitrogen and oxygen atoms in total. The van der Waals surface area contributed by atoms with E-state index >= 15 is 0 Å². The highest BCUT2D eigenvalue weighted by Gasteiger charge is 2.07. The van der Waals surface area contributed by atoms with Crippen LogP contribution in [0.25, 0.3) is 0 Å². The van der Waals surface area contributed by atoms with Crippen LogP contribution in [-0.2, 0) is 6.42 Å². The van der Waals surface area contributed by atoms with Gasteiger partial charge in [0, 0.05) is 18.3 Å². The van der Waals surface area contributed by atoms with Crippen LogP contribution in [0.3, 0.4) is 0 Å². The molecule has 5 heteroatoms. The molecule has 134 valence electrons. The molecule has 3 rings (SSSR count). The van der Waals surface area contributed by atoms with Gasteiger partial charge in [0.2, 0.25) is 5.95 Å². The molecule has 2 N–H and O–H groups in total. The van der Waals surface area contributed by atoms with Crippen LogP contribution in [0.5, 0.6) is 5.75 Å². The quantitative estimate of drug-likeness (QED) is 0.658. The van der Waals surface area contributed by atoms with Gasteiger partial charge in [-0.2, -0.15) is 4.98 Å². The van der Waals surface area contributed by atoms with Crippen LogP contribution in [0.2, 0.25) is 0 Å². The van der Waals surface area contributed by atoms with Gasteiger partial charge in [0.05, 0.1) is 12.8 Å². The van der Waals surface area contributed by atoms with E-state index < -0.39 is 0 Å². The Morgan fingerprint density at radius 1 is 0.962 bits per heavy atom. The number of anilines is 3. The van der Waals surface area contributed by atoms with Gasteiger partial charge in [-0.15, -0.1) is 0 Å². The van der Waals surface area contributed by atoms with E-state index in [0.29, 0.717) is 5.95 Å². The molecule has 0 amide bonds. The molecule has 0 saturated heterocycles. The van der Waals surface area contributed by atoms with Crippen molar-refractivity contribution in [2.45, 2.75) is 20.3 Å². The number of aryl methyl sites for hydroxylation is 2. The highest BCUT2D eigenvalue weighted by Crippen LogP contribution is 2.28. The van der Waals surface area contributed by atoms with Gasteiger partial charge in [0.15, 0.2) is 0 Å². The zero-order valence-corrected chi connectivity index (χ0v) is 15.4. The summed E-state index contributed by atoms with van der Waals surface area (Å²) in [6, 6.07) is 18.3. The SMILES string of the molecule is COc1ccc(C)cc1Nc1cc(C)nc(NCCc2ccccc2)n1. The Labute approximate surface area is 154 Å². The molecule has 0 unspecified atom stereocenters. The molecule has 2 aromatic carbocycles. The van der Waals surface area contributed by atoms with Crippen LogP contribution in [-0.4, -0.2) is 23.6 Å². The smallest absolute Gasteiger partial charge is 0.224 e. The normalized spacial score (nSPS) is 10.4. The third kappa shape index (κ3) is 4.72. The van der Waals surface area contributed by atoms with Crippen molar-refractivity contribution in [1.82, 2.24) is 9.97 Å². The number of benzene rings is 2. The van der Waals surface area contributed by atoms with Gasteiger partial charge in [-0.1, -0.05) is 36.4 Å². The molecular formula is C21H24N4O. The third-order valence-corrected chi connectivity index (χ3v) is 4.01. The maximum atomic E-state index is 5.43. The summed E-state index contributed by atoms with van der Waals surface area (Å²) >= 11 is 0. The summed E-state index contributed by atoms with van der Waals surface area (Å²) in [5.74, 6) is 2.14. The summed E-state index contributed by atoms with van der Waals surface area (Å²) in [6.45, 7) is 4.79. The molecule has 0 aliphatic carbocycles. The number of hydrogen-bond donors (Lipinski definition) is 2. The lowest BCUT2D eigenvalue weighted by atomic mass is 10.1. The molecule has 0 bridgehead atoms. The van der Waals surface area contributed by atoms with Gasteiger partial charge in [0.1, 0.15) is 11.6 Å². The maximum absolute atomic E-state index is 5.43. The van der Waals surface area contributed by atoms with Crippen LogP contribution < -0.4 is 15.4 Å². The average molecular weight is 348 g/mol. The minimum Gasteiger partial charge on any atom is -0.495 e. The number of nitrogens with zero attached hydrogens (tertiary/aromatic N) is 2. The lowest BCUT2D eigenvalue weighted by Gasteiger charge is -2.13. The van der Waals surface area contributed by atoms with E-state index in [4.69, 9.17) is 4.74 Å². The topological polar surface area (TPSA) is 59.1 Å². The van der Waals surface area contributed by atoms with Gasteiger partial charge in [0.25, 0.3) is 0 Å². The van der Waals surface area contributed by atoms with Crippen molar-refractivity contribution in [3.05, 3.63) is 71.4 Å². The predicted molar refractivity (Wildman–Crippen MR) is 106 cm³/mol. The number of methoxy groups -OCH3 is 1. The number of aromatic nitrogens is 2. The largest absolute Gasteiger partial charge is 0.495 e. The second kappa shape index (κ2) is 8.34. The first-order valence-corrected chi connectivity index (χ1v) is 8.69. The first-order valence-electron chi connectivity index (χ1n) is 8.69. The van der Waals surface area contributed by atoms with E-state index in [1.807, 2.05) is 44.2 Å². The first-order chi connectivity index (χ1) is 12.6. The van der Waals surface area contributed by atoms with E-state index in [1.165, 1.54) is 5.56 Å². The van der Waals surface area contributed by atoms with E-state index in [9.17, 15) is 0 Å². The van der Waals surface area contributed by atoms with Crippen molar-refractivity contribution in [1.29, 1.82) is 0 Å². The van der Waals surface area contributed by atoms with Crippen molar-refractivity contribution in [3.63, 3.8) is 0 Å². The van der Waals surface area contributed by atoms with E-state index in [0.717, 1.165) is 41.5 Å². The standard InChI is InChI=1S/C21H24N4O/c1-15-9-10-19(26-3)18(13-15)24-20-14-16(2)23-21(25-20)22-12-11-17-7-5-4-6-8-17/h4-10,13-14H,11-12H2,1-3H3,(H2,22,23,24,25). The predicted octanol–water partition coefficient (Wildman–Crippen LogP) is 4.50. The van der Waals surface area contributed by atoms with E-state index in [2.05, 4.69) is 44.9 Å². The molecule has 0 saturated carbocycles. The van der Waals surface area contributed by atoms with E-state index in [-0.39, 0.29) is 0 Å². The fraction of sp³-hybridized carbons (Fsp3) is 0.238. The molecule has 0 radical (unpaired) electrons. The molecule has 3 aromatic rings. The number of rotatable bonds is 7. The second-order valence-corrected chi connectivity index (χ2v) is 6.21. The number of nitrogens with one attached hydrogen (secondary N) is 2. The second-order valence-electron chi connectivity index (χ2n) is 6.21. The summed E-state index contributed by atoms with van der Waals surface area (Å²) < 4.78 is 5.43. The monoisotopic (exact) mass is 348 g/mol. The van der Waals surface area contributed by atoms with Crippen LogP contribution in [0, 0.1) is 13.8 Å². The Morgan fingerprint density at radius 2 is 1.77 bits per heavy atom. The summed E-state index contributed by atoms with van der Waals surface area (Å²) in [5.41, 5.74) is 4.23. The van der Waals surface area contributed by atoms with Crippen molar-refractivity contribution in [2.24, 2.45) is 0 Å². The highest BCUT2D eigenvalue weighted by atomic mass is 16.5. The van der Waals surface area contributed by atoms with Gasteiger partial charge in [-0.05, 0) is 43.5 Å². The van der Waals surface area contributed by atoms with Gasteiger partial charge < -0.3 is 15.4 Å². The van der Waals surface area contributed by atoms with E-state index in [1.54, 1.807) is 7.11 Å². The highest BCUT2D eigenvalue weighted by molar-refractivity contribution is 5.65. The van der Waals surface area contributed by atoms with Crippen LogP contribution in [0.15, 0.2) is 54.6 Å². The Kier molecular flexibility index (Phi) is 5.69. The van der Waals surface area contributed by atoms with Crippen LogP contribution >= 0.6 is 0 Å². The summed E-state index contributed by atoms with van der Waals surface area (Å²) in [5, 5.41) is 6.64. The Morgan fingerprint density at radius 3 is 2.54 bits per heavy atom. The summed E-state index contributed by atoms with van der Waals surface area (Å²) in [4.78, 5) is 9.05. The Balaban J connectivity index is 1.70. The molecule has 0 aliphatic heterocycles. The molecule has 1 aromatic heterocycles. The average Bonchev–Trinajstić information content (AvgIpc) is 2.62. The van der Waals surface area contributed by atoms with Gasteiger partial charge >= 0.3 is 0 Å². The molecule has 26 heavy (non-hydrogen) atoms. The summed E-state index contributed by atoms with van der Waals surface area (Å²) in [7, 11) is 1.66. The fourth-order valence-corrected chi connectivity index (χ4v) is 2.73. The van der Waals surface area contributed by atoms with Gasteiger partial charge in [-0.25, -0.2) is 4.98 Å². The van der Waals surface area contributed by atoms with Crippen molar-refractivity contribution in [2.75, 3.05) is 24.3 Å². The molecule has 0 fully saturated rings. The lowest BCUT2D eigenvalue weighted by Crippen LogP contribution is -2.09. The van der Waals surface area contributed by atoms with Crippen LogP contribution in [0.1, 0.15) is 16.8 Å². The lowest BCUT2D eigenvalue weighted by molar-refractivity contribution is 0.416. The molecule has 0 spiro atoms. The number of hydrogen-bond acceptors (Lipinski definition) is 5. The van der Waals surface area contributed by atoms with Crippen LogP contribution in [0.4, 0.5) is 17.5 Å². The third-order valence-electron chi connectivity index (χ3n) is 4.01. The number of ether oxygens (including phenoxy) is 1. The Bertz CT molecular complexity index is 865. The Hall–Kier alpha value is -3.08. The minimum absolute atomic E-state index is 0.620. The van der Waals surface area contributed by atoms with Crippen molar-refractivity contribution in [3.8, 4) is 5.75 Å². The van der Waals surface area contributed by atoms with Crippen molar-refractivity contribution >= 4 is 17.5 Å². The molecule has 0 atom stereocenters. The first kappa shape index (κ1) is 17.7. The van der Waals surface area contributed by atoms with Crippen molar-refractivity contribution < 1.29 is 4.74 Å². The summed E-state index contributed by atoms with van der Waals surface area (Å²) in [6.07, 6.45) is 0.923. The molecular weight excluding hydrogens is 324 g/mol. The maximum Gasteiger partial charge on any atom is 0.224 e. The molecule has 0 aliphatic rings. The molecule has 1 heterocycles. The van der Waals surface area contributed by atoms with Gasteiger partial charge in [-0.3, -0.25) is 0 Å². The fourth-order valence-electron chi connectivity index (χ4n) is 2.73.